The Hall–Kier alpha value is 0.895. The van der Waals surface area contributed by atoms with Crippen LogP contribution in [-0.2, 0) is 0 Å². The van der Waals surface area contributed by atoms with E-state index in [1.54, 1.807) is 0 Å². The van der Waals surface area contributed by atoms with Crippen LogP contribution in [0.3, 0.4) is 0 Å². The molecule has 0 radical (unpaired) electrons. The fourth-order valence-corrected chi connectivity index (χ4v) is 4.77. The maximum absolute atomic E-state index is 2.42. The van der Waals surface area contributed by atoms with Crippen LogP contribution in [0.2, 0.25) is 17.5 Å². The molecule has 1 fully saturated rings. The van der Waals surface area contributed by atoms with E-state index in [2.05, 4.69) is 40.6 Å². The van der Waals surface area contributed by atoms with Gasteiger partial charge in [0.25, 0.3) is 0 Å². The summed E-state index contributed by atoms with van der Waals surface area (Å²) in [5.74, 6) is 2.79. The Balaban J connectivity index is 2.47. The largest absolute Gasteiger partial charge is 0.106 e. The van der Waals surface area contributed by atoms with Gasteiger partial charge in [-0.1, -0.05) is 45.5 Å². The van der Waals surface area contributed by atoms with Crippen molar-refractivity contribution in [1.29, 1.82) is 0 Å². The third kappa shape index (κ3) is 2.69. The summed E-state index contributed by atoms with van der Waals surface area (Å²) in [6, 6.07) is 0. The maximum Gasteiger partial charge on any atom is 0.106 e. The van der Waals surface area contributed by atoms with Crippen molar-refractivity contribution in [3.8, 4) is 0 Å². The molecule has 0 aliphatic heterocycles. The van der Waals surface area contributed by atoms with E-state index in [0.717, 1.165) is 22.7 Å². The van der Waals surface area contributed by atoms with Crippen LogP contribution in [0.25, 0.3) is 0 Å². The van der Waals surface area contributed by atoms with E-state index in [0.29, 0.717) is 0 Å². The van der Waals surface area contributed by atoms with Crippen molar-refractivity contribution < 1.29 is 0 Å². The first kappa shape index (κ1) is 11.0. The van der Waals surface area contributed by atoms with E-state index in [-0.39, 0.29) is 0 Å². The average molecular weight is 198 g/mol. The van der Waals surface area contributed by atoms with E-state index >= 15 is 0 Å². The Kier molecular flexibility index (Phi) is 4.52. The second-order valence-electron chi connectivity index (χ2n) is 4.21. The Morgan fingerprint density at radius 3 is 2.42 bits per heavy atom. The quantitative estimate of drug-likeness (QED) is 0.465. The van der Waals surface area contributed by atoms with Crippen molar-refractivity contribution in [2.45, 2.75) is 35.5 Å². The topological polar surface area (TPSA) is 0 Å². The summed E-state index contributed by atoms with van der Waals surface area (Å²) in [6.07, 6.45) is 5.06. The lowest BCUT2D eigenvalue weighted by molar-refractivity contribution is 0.517. The van der Waals surface area contributed by atoms with Crippen molar-refractivity contribution >= 4 is 45.1 Å². The summed E-state index contributed by atoms with van der Waals surface area (Å²) in [6.45, 7) is 0. The molecule has 0 amide bonds. The molecule has 4 unspecified atom stereocenters. The summed E-state index contributed by atoms with van der Waals surface area (Å²) in [7, 11) is 11.2. The highest BCUT2D eigenvalue weighted by Crippen LogP contribution is 2.47. The van der Waals surface area contributed by atoms with Crippen molar-refractivity contribution in [2.75, 3.05) is 6.26 Å². The number of rotatable bonds is 2. The van der Waals surface area contributed by atoms with Crippen molar-refractivity contribution in [2.24, 2.45) is 0 Å². The Morgan fingerprint density at radius 1 is 1.17 bits per heavy atom. The molecule has 0 saturated heterocycles. The zero-order valence-corrected chi connectivity index (χ0v) is 10.2. The first-order chi connectivity index (χ1) is 5.65. The van der Waals surface area contributed by atoms with Gasteiger partial charge in [-0.05, 0) is 12.7 Å². The molecule has 66 valence electrons. The Bertz CT molecular complexity index is 145. The second-order valence-corrected chi connectivity index (χ2v) is 6.92. The van der Waals surface area contributed by atoms with E-state index < -0.39 is 0 Å². The second kappa shape index (κ2) is 4.95. The third-order valence-electron chi connectivity index (χ3n) is 3.11. The minimum Gasteiger partial charge on any atom is -0.0973 e. The molecule has 0 spiro atoms. The van der Waals surface area contributed by atoms with Crippen LogP contribution in [0.1, 0.15) is 12.8 Å². The lowest BCUT2D eigenvalue weighted by Gasteiger charge is -2.37. The smallest absolute Gasteiger partial charge is 0.0973 e. The van der Waals surface area contributed by atoms with E-state index in [1.807, 2.05) is 10.8 Å². The van der Waals surface area contributed by atoms with Gasteiger partial charge in [-0.15, -0.1) is 0 Å². The molecule has 0 aromatic carbocycles. The number of hydrogen-bond donors (Lipinski definition) is 0. The molecule has 0 aromatic rings. The van der Waals surface area contributed by atoms with E-state index in [4.69, 9.17) is 0 Å². The molecule has 1 aliphatic carbocycles. The zero-order chi connectivity index (χ0) is 9.14. The molecule has 5 heteroatoms. The summed E-state index contributed by atoms with van der Waals surface area (Å²) in [5.41, 5.74) is 0. The first-order valence-corrected chi connectivity index (χ1v) is 7.46. The fraction of sp³-hybridized carbons (Fsp3) is 1.00. The summed E-state index contributed by atoms with van der Waals surface area (Å²) in [5, 5.41) is 0.902. The van der Waals surface area contributed by atoms with Gasteiger partial charge in [-0.25, -0.2) is 0 Å². The predicted octanol–water partition coefficient (Wildman–Crippen LogP) is 0.425. The SMILES string of the molecule is BC1CC(B)C(B)C(SSC)C1. The van der Waals surface area contributed by atoms with Crippen LogP contribution in [0.5, 0.6) is 0 Å². The van der Waals surface area contributed by atoms with Gasteiger partial charge in [0.2, 0.25) is 0 Å². The monoisotopic (exact) mass is 198 g/mol. The lowest BCUT2D eigenvalue weighted by atomic mass is 9.54. The van der Waals surface area contributed by atoms with Gasteiger partial charge in [-0.2, -0.15) is 0 Å². The third-order valence-corrected chi connectivity index (χ3v) is 5.49. The molecule has 0 bridgehead atoms. The minimum atomic E-state index is 0.902. The fourth-order valence-electron chi connectivity index (χ4n) is 2.17. The van der Waals surface area contributed by atoms with Gasteiger partial charge in [-0.3, -0.25) is 0 Å². The minimum absolute atomic E-state index is 0.902. The molecule has 0 N–H and O–H groups in total. The van der Waals surface area contributed by atoms with Gasteiger partial charge in [0.1, 0.15) is 23.5 Å². The van der Waals surface area contributed by atoms with Crippen molar-refractivity contribution in [3.05, 3.63) is 0 Å². The van der Waals surface area contributed by atoms with Crippen LogP contribution < -0.4 is 0 Å². The van der Waals surface area contributed by atoms with Crippen LogP contribution in [-0.4, -0.2) is 35.0 Å². The van der Waals surface area contributed by atoms with Crippen LogP contribution in [0.15, 0.2) is 0 Å². The van der Waals surface area contributed by atoms with Gasteiger partial charge >= 0.3 is 0 Å². The maximum atomic E-state index is 2.42. The molecule has 1 rings (SSSR count). The highest BCUT2D eigenvalue weighted by molar-refractivity contribution is 8.76. The average Bonchev–Trinajstić information content (AvgIpc) is 2.00. The van der Waals surface area contributed by atoms with E-state index in [1.165, 1.54) is 12.8 Å². The van der Waals surface area contributed by atoms with Crippen molar-refractivity contribution in [3.63, 3.8) is 0 Å². The molecule has 0 nitrogen and oxygen atoms in total. The molecule has 1 saturated carbocycles. The first-order valence-electron chi connectivity index (χ1n) is 4.84. The standard InChI is InChI=1S/C7H17B3S2/c1-11-12-6-3-4(8)2-5(9)7(6)10/h4-7H,2-3,8-10H2,1H3. The summed E-state index contributed by atoms with van der Waals surface area (Å²) < 4.78 is 0. The summed E-state index contributed by atoms with van der Waals surface area (Å²) in [4.78, 5) is 0. The van der Waals surface area contributed by atoms with E-state index in [9.17, 15) is 0 Å². The van der Waals surface area contributed by atoms with Crippen molar-refractivity contribution in [1.82, 2.24) is 0 Å². The molecule has 12 heavy (non-hydrogen) atoms. The molecular weight excluding hydrogens is 181 g/mol. The van der Waals surface area contributed by atoms with Gasteiger partial charge in [0, 0.05) is 5.25 Å². The van der Waals surface area contributed by atoms with Gasteiger partial charge in [0.05, 0.1) is 0 Å². The zero-order valence-electron chi connectivity index (χ0n) is 8.54. The van der Waals surface area contributed by atoms with Gasteiger partial charge in [0.15, 0.2) is 0 Å². The molecule has 0 heterocycles. The number of hydrogen-bond acceptors (Lipinski definition) is 2. The Morgan fingerprint density at radius 2 is 1.83 bits per heavy atom. The summed E-state index contributed by atoms with van der Waals surface area (Å²) >= 11 is 0. The lowest BCUT2D eigenvalue weighted by Crippen LogP contribution is -2.25. The highest BCUT2D eigenvalue weighted by Gasteiger charge is 2.30. The molecule has 1 aliphatic rings. The Labute approximate surface area is 87.0 Å². The predicted molar refractivity (Wildman–Crippen MR) is 71.0 cm³/mol. The van der Waals surface area contributed by atoms with Gasteiger partial charge < -0.3 is 0 Å². The van der Waals surface area contributed by atoms with Crippen LogP contribution in [0.4, 0.5) is 0 Å². The highest BCUT2D eigenvalue weighted by atomic mass is 33.1. The normalized spacial score (nSPS) is 42.8. The molecular formula is C7H17B3S2. The molecule has 4 atom stereocenters. The van der Waals surface area contributed by atoms with Crippen LogP contribution >= 0.6 is 21.6 Å². The van der Waals surface area contributed by atoms with Crippen LogP contribution in [0, 0.1) is 0 Å². The molecule has 0 aromatic heterocycles.